The van der Waals surface area contributed by atoms with Crippen molar-refractivity contribution >= 4 is 12.0 Å². The zero-order chi connectivity index (χ0) is 17.5. The molecule has 0 bridgehead atoms. The summed E-state index contributed by atoms with van der Waals surface area (Å²) in [6, 6.07) is 10.8. The third-order valence-electron chi connectivity index (χ3n) is 3.24. The molecule has 5 heteroatoms. The highest BCUT2D eigenvalue weighted by Crippen LogP contribution is 2.20. The number of aliphatic hydroxyl groups excluding tert-OH is 1. The fourth-order valence-electron chi connectivity index (χ4n) is 2.14. The van der Waals surface area contributed by atoms with Crippen LogP contribution in [0.25, 0.3) is 6.08 Å². The quantitative estimate of drug-likeness (QED) is 0.765. The van der Waals surface area contributed by atoms with Crippen LogP contribution in [-0.2, 0) is 4.79 Å². The third-order valence-corrected chi connectivity index (χ3v) is 3.24. The van der Waals surface area contributed by atoms with E-state index in [1.54, 1.807) is 24.3 Å². The van der Waals surface area contributed by atoms with Crippen molar-refractivity contribution in [3.05, 3.63) is 59.6 Å². The van der Waals surface area contributed by atoms with Crippen LogP contribution in [0.2, 0.25) is 0 Å². The number of amides is 1. The zero-order valence-electron chi connectivity index (χ0n) is 14.2. The minimum Gasteiger partial charge on any atom is -0.491 e. The number of carbonyl (C=O) groups excluding carboxylic acids is 1. The Morgan fingerprint density at radius 2 is 2.12 bits per heavy atom. The topological polar surface area (TPSA) is 71.7 Å². The molecule has 128 valence electrons. The van der Waals surface area contributed by atoms with E-state index in [2.05, 4.69) is 5.32 Å². The minimum absolute atomic E-state index is 0.0625. The second-order valence-corrected chi connectivity index (χ2v) is 5.78. The van der Waals surface area contributed by atoms with Crippen LogP contribution < -0.4 is 10.1 Å². The van der Waals surface area contributed by atoms with E-state index in [0.717, 1.165) is 5.76 Å². The van der Waals surface area contributed by atoms with Crippen molar-refractivity contribution in [2.24, 2.45) is 0 Å². The molecule has 1 aromatic heterocycles. The van der Waals surface area contributed by atoms with Crippen molar-refractivity contribution < 1.29 is 19.1 Å². The molecule has 0 radical (unpaired) electrons. The summed E-state index contributed by atoms with van der Waals surface area (Å²) >= 11 is 0. The molecule has 0 aliphatic carbocycles. The minimum atomic E-state index is -0.802. The van der Waals surface area contributed by atoms with Crippen molar-refractivity contribution in [2.45, 2.75) is 33.0 Å². The van der Waals surface area contributed by atoms with Gasteiger partial charge in [0.15, 0.2) is 0 Å². The van der Waals surface area contributed by atoms with Gasteiger partial charge in [0.05, 0.1) is 12.2 Å². The SMILES string of the molecule is Cc1ccc(/C=C/C(=O)NCC(O)c2cccc(OC(C)C)c2)o1. The number of rotatable bonds is 7. The number of aliphatic hydroxyl groups is 1. The van der Waals surface area contributed by atoms with Gasteiger partial charge in [0.2, 0.25) is 5.91 Å². The van der Waals surface area contributed by atoms with Gasteiger partial charge < -0.3 is 19.6 Å². The average molecular weight is 329 g/mol. The van der Waals surface area contributed by atoms with Crippen molar-refractivity contribution in [3.63, 3.8) is 0 Å². The van der Waals surface area contributed by atoms with Gasteiger partial charge in [0.1, 0.15) is 17.3 Å². The van der Waals surface area contributed by atoms with Crippen LogP contribution in [0.1, 0.15) is 37.0 Å². The Kier molecular flexibility index (Phi) is 6.21. The first-order valence-corrected chi connectivity index (χ1v) is 7.91. The van der Waals surface area contributed by atoms with E-state index in [9.17, 15) is 9.90 Å². The van der Waals surface area contributed by atoms with Crippen LogP contribution in [0.15, 0.2) is 46.9 Å². The fourth-order valence-corrected chi connectivity index (χ4v) is 2.14. The molecule has 0 fully saturated rings. The first kappa shape index (κ1) is 17.8. The molecule has 1 heterocycles. The highest BCUT2D eigenvalue weighted by atomic mass is 16.5. The molecule has 1 aromatic carbocycles. The van der Waals surface area contributed by atoms with Crippen LogP contribution in [-0.4, -0.2) is 23.7 Å². The maximum Gasteiger partial charge on any atom is 0.244 e. The number of ether oxygens (including phenoxy) is 1. The number of aryl methyl sites for hydroxylation is 1. The molecule has 2 aromatic rings. The summed E-state index contributed by atoms with van der Waals surface area (Å²) in [6.07, 6.45) is 2.23. The molecular weight excluding hydrogens is 306 g/mol. The Balaban J connectivity index is 1.87. The Bertz CT molecular complexity index is 703. The summed E-state index contributed by atoms with van der Waals surface area (Å²) in [5, 5.41) is 12.9. The lowest BCUT2D eigenvalue weighted by Crippen LogP contribution is -2.26. The zero-order valence-corrected chi connectivity index (χ0v) is 14.2. The number of benzene rings is 1. The molecule has 0 spiro atoms. The lowest BCUT2D eigenvalue weighted by Gasteiger charge is -2.14. The van der Waals surface area contributed by atoms with Crippen molar-refractivity contribution in [1.29, 1.82) is 0 Å². The van der Waals surface area contributed by atoms with Gasteiger partial charge in [-0.05, 0) is 56.7 Å². The lowest BCUT2D eigenvalue weighted by molar-refractivity contribution is -0.116. The third kappa shape index (κ3) is 5.59. The second kappa shape index (κ2) is 8.36. The molecule has 0 saturated carbocycles. The van der Waals surface area contributed by atoms with Gasteiger partial charge in [-0.25, -0.2) is 0 Å². The number of hydrogen-bond donors (Lipinski definition) is 2. The van der Waals surface area contributed by atoms with Gasteiger partial charge in [0, 0.05) is 12.6 Å². The lowest BCUT2D eigenvalue weighted by atomic mass is 10.1. The summed E-state index contributed by atoms with van der Waals surface area (Å²) in [5.41, 5.74) is 0.694. The molecule has 24 heavy (non-hydrogen) atoms. The summed E-state index contributed by atoms with van der Waals surface area (Å²) < 4.78 is 10.9. The predicted octanol–water partition coefficient (Wildman–Crippen LogP) is 3.24. The molecule has 1 unspecified atom stereocenters. The number of nitrogens with one attached hydrogen (secondary N) is 1. The van der Waals surface area contributed by atoms with Crippen LogP contribution in [0.4, 0.5) is 0 Å². The van der Waals surface area contributed by atoms with Gasteiger partial charge in [-0.2, -0.15) is 0 Å². The van der Waals surface area contributed by atoms with Gasteiger partial charge in [-0.15, -0.1) is 0 Å². The summed E-state index contributed by atoms with van der Waals surface area (Å²) in [6.45, 7) is 5.84. The average Bonchev–Trinajstić information content (AvgIpc) is 2.95. The summed E-state index contributed by atoms with van der Waals surface area (Å²) in [4.78, 5) is 11.8. The van der Waals surface area contributed by atoms with Crippen molar-refractivity contribution in [1.82, 2.24) is 5.32 Å². The fraction of sp³-hybridized carbons (Fsp3) is 0.316. The van der Waals surface area contributed by atoms with Gasteiger partial charge >= 0.3 is 0 Å². The molecule has 0 aliphatic heterocycles. The summed E-state index contributed by atoms with van der Waals surface area (Å²) in [7, 11) is 0. The van der Waals surface area contributed by atoms with Gasteiger partial charge in [0.25, 0.3) is 0 Å². The molecule has 2 rings (SSSR count). The largest absolute Gasteiger partial charge is 0.491 e. The van der Waals surface area contributed by atoms with Crippen molar-refractivity contribution in [2.75, 3.05) is 6.54 Å². The van der Waals surface area contributed by atoms with E-state index in [1.165, 1.54) is 6.08 Å². The highest BCUT2D eigenvalue weighted by Gasteiger charge is 2.10. The van der Waals surface area contributed by atoms with Crippen LogP contribution in [0.3, 0.4) is 0 Å². The Hall–Kier alpha value is -2.53. The number of furan rings is 1. The smallest absolute Gasteiger partial charge is 0.244 e. The number of carbonyl (C=O) groups is 1. The molecule has 1 amide bonds. The van der Waals surface area contributed by atoms with Crippen molar-refractivity contribution in [3.8, 4) is 5.75 Å². The van der Waals surface area contributed by atoms with E-state index in [-0.39, 0.29) is 18.6 Å². The first-order valence-electron chi connectivity index (χ1n) is 7.91. The van der Waals surface area contributed by atoms with E-state index in [4.69, 9.17) is 9.15 Å². The van der Waals surface area contributed by atoms with E-state index >= 15 is 0 Å². The second-order valence-electron chi connectivity index (χ2n) is 5.78. The van der Waals surface area contributed by atoms with Gasteiger partial charge in [-0.1, -0.05) is 12.1 Å². The van der Waals surface area contributed by atoms with Gasteiger partial charge in [-0.3, -0.25) is 4.79 Å². The van der Waals surface area contributed by atoms with E-state index < -0.39 is 6.10 Å². The first-order chi connectivity index (χ1) is 11.4. The highest BCUT2D eigenvalue weighted by molar-refractivity contribution is 5.91. The molecule has 0 aliphatic rings. The van der Waals surface area contributed by atoms with Crippen LogP contribution >= 0.6 is 0 Å². The molecular formula is C19H23NO4. The maximum absolute atomic E-state index is 11.8. The predicted molar refractivity (Wildman–Crippen MR) is 92.7 cm³/mol. The normalized spacial score (nSPS) is 12.5. The molecule has 2 N–H and O–H groups in total. The molecule has 1 atom stereocenters. The molecule has 0 saturated heterocycles. The van der Waals surface area contributed by atoms with E-state index in [0.29, 0.717) is 17.1 Å². The van der Waals surface area contributed by atoms with Crippen LogP contribution in [0.5, 0.6) is 5.75 Å². The van der Waals surface area contributed by atoms with Crippen LogP contribution in [0, 0.1) is 6.92 Å². The number of hydrogen-bond acceptors (Lipinski definition) is 4. The standard InChI is InChI=1S/C19H23NO4/c1-13(2)23-17-6-4-5-15(11-17)18(21)12-20-19(22)10-9-16-8-7-14(3)24-16/h4-11,13,18,21H,12H2,1-3H3,(H,20,22)/b10-9+. The monoisotopic (exact) mass is 329 g/mol. The maximum atomic E-state index is 11.8. The Morgan fingerprint density at radius 3 is 2.79 bits per heavy atom. The molecule has 5 nitrogen and oxygen atoms in total. The Morgan fingerprint density at radius 1 is 1.33 bits per heavy atom. The Labute approximate surface area is 141 Å². The summed E-state index contributed by atoms with van der Waals surface area (Å²) in [5.74, 6) is 1.80. The van der Waals surface area contributed by atoms with E-state index in [1.807, 2.05) is 39.0 Å².